The summed E-state index contributed by atoms with van der Waals surface area (Å²) in [6.07, 6.45) is 1.15. The Hall–Kier alpha value is -3.00. The second-order valence-electron chi connectivity index (χ2n) is 8.06. The van der Waals surface area contributed by atoms with Gasteiger partial charge >= 0.3 is 0 Å². The van der Waals surface area contributed by atoms with E-state index in [9.17, 15) is 9.90 Å². The largest absolute Gasteiger partial charge is 0.497 e. The summed E-state index contributed by atoms with van der Waals surface area (Å²) < 4.78 is 5.34. The molecule has 1 aliphatic rings. The highest BCUT2D eigenvalue weighted by Gasteiger charge is 2.21. The number of fused-ring (bicyclic) bond motifs is 1. The van der Waals surface area contributed by atoms with Crippen LogP contribution in [0.2, 0.25) is 0 Å². The molecule has 0 bridgehead atoms. The van der Waals surface area contributed by atoms with Crippen molar-refractivity contribution in [1.82, 2.24) is 20.1 Å². The van der Waals surface area contributed by atoms with Crippen LogP contribution < -0.4 is 10.1 Å². The summed E-state index contributed by atoms with van der Waals surface area (Å²) in [5.41, 5.74) is 2.41. The number of benzene rings is 2. The Kier molecular flexibility index (Phi) is 7.32. The fourth-order valence-electron chi connectivity index (χ4n) is 4.12. The highest BCUT2D eigenvalue weighted by Crippen LogP contribution is 2.27. The zero-order valence-electron chi connectivity index (χ0n) is 18.4. The SMILES string of the molecule is COc1ccc2nccc([C@H](O)CN3CCN(CCNC(=O)c4ccccc4)CC3)c2c1. The van der Waals surface area contributed by atoms with Crippen molar-refractivity contribution in [3.63, 3.8) is 0 Å². The lowest BCUT2D eigenvalue weighted by Gasteiger charge is -2.35. The minimum absolute atomic E-state index is 0.0337. The number of aromatic nitrogens is 1. The van der Waals surface area contributed by atoms with Crippen molar-refractivity contribution in [2.24, 2.45) is 0 Å². The van der Waals surface area contributed by atoms with Crippen LogP contribution in [0.5, 0.6) is 5.75 Å². The minimum Gasteiger partial charge on any atom is -0.497 e. The number of methoxy groups -OCH3 is 1. The number of aliphatic hydroxyl groups excluding tert-OH is 1. The van der Waals surface area contributed by atoms with Gasteiger partial charge in [0.05, 0.1) is 18.7 Å². The first-order valence-electron chi connectivity index (χ1n) is 11.0. The van der Waals surface area contributed by atoms with E-state index in [1.807, 2.05) is 54.6 Å². The third-order valence-electron chi connectivity index (χ3n) is 5.99. The minimum atomic E-state index is -0.593. The monoisotopic (exact) mass is 434 g/mol. The molecule has 168 valence electrons. The lowest BCUT2D eigenvalue weighted by Crippen LogP contribution is -2.49. The highest BCUT2D eigenvalue weighted by atomic mass is 16.5. The quantitative estimate of drug-likeness (QED) is 0.567. The van der Waals surface area contributed by atoms with Crippen LogP contribution >= 0.6 is 0 Å². The average molecular weight is 435 g/mol. The molecule has 0 aliphatic carbocycles. The molecule has 0 unspecified atom stereocenters. The molecule has 2 N–H and O–H groups in total. The molecule has 2 heterocycles. The lowest BCUT2D eigenvalue weighted by molar-refractivity contribution is 0.0725. The van der Waals surface area contributed by atoms with E-state index >= 15 is 0 Å². The number of ether oxygens (including phenoxy) is 1. The number of rotatable bonds is 8. The van der Waals surface area contributed by atoms with E-state index in [-0.39, 0.29) is 5.91 Å². The molecule has 3 aromatic rings. The first-order valence-corrected chi connectivity index (χ1v) is 11.0. The smallest absolute Gasteiger partial charge is 0.251 e. The Bertz CT molecular complexity index is 1040. The molecular weight excluding hydrogens is 404 g/mol. The van der Waals surface area contributed by atoms with Gasteiger partial charge in [-0.2, -0.15) is 0 Å². The van der Waals surface area contributed by atoms with E-state index in [0.717, 1.165) is 54.9 Å². The Morgan fingerprint density at radius 2 is 1.84 bits per heavy atom. The number of β-amino-alcohol motifs (C(OH)–C–C–N with tert-alkyl or cyclic N) is 1. The predicted octanol–water partition coefficient (Wildman–Crippen LogP) is 2.32. The molecule has 7 nitrogen and oxygen atoms in total. The number of hydrogen-bond acceptors (Lipinski definition) is 6. The van der Waals surface area contributed by atoms with Crippen LogP contribution in [0.3, 0.4) is 0 Å². The molecule has 1 atom stereocenters. The zero-order valence-corrected chi connectivity index (χ0v) is 18.4. The first kappa shape index (κ1) is 22.2. The molecule has 2 aromatic carbocycles. The van der Waals surface area contributed by atoms with E-state index in [4.69, 9.17) is 4.74 Å². The fourth-order valence-corrected chi connectivity index (χ4v) is 4.12. The van der Waals surface area contributed by atoms with Gasteiger partial charge in [-0.3, -0.25) is 19.6 Å². The number of piperazine rings is 1. The number of pyridine rings is 1. The lowest BCUT2D eigenvalue weighted by atomic mass is 10.0. The van der Waals surface area contributed by atoms with Crippen molar-refractivity contribution in [2.45, 2.75) is 6.10 Å². The molecule has 0 spiro atoms. The topological polar surface area (TPSA) is 77.9 Å². The number of aliphatic hydroxyl groups is 1. The second-order valence-corrected chi connectivity index (χ2v) is 8.06. The number of hydrogen-bond donors (Lipinski definition) is 2. The summed E-state index contributed by atoms with van der Waals surface area (Å²) in [5, 5.41) is 14.9. The summed E-state index contributed by atoms with van der Waals surface area (Å²) in [6, 6.07) is 16.9. The van der Waals surface area contributed by atoms with Crippen LogP contribution in [0.15, 0.2) is 60.8 Å². The third kappa shape index (κ3) is 5.43. The van der Waals surface area contributed by atoms with Gasteiger partial charge in [-0.15, -0.1) is 0 Å². The van der Waals surface area contributed by atoms with Gasteiger partial charge in [-0.25, -0.2) is 0 Å². The van der Waals surface area contributed by atoms with Crippen molar-refractivity contribution in [3.8, 4) is 5.75 Å². The number of amides is 1. The van der Waals surface area contributed by atoms with E-state index < -0.39 is 6.10 Å². The fraction of sp³-hybridized carbons (Fsp3) is 0.360. The predicted molar refractivity (Wildman–Crippen MR) is 125 cm³/mol. The van der Waals surface area contributed by atoms with Crippen LogP contribution in [-0.2, 0) is 0 Å². The Labute approximate surface area is 188 Å². The maximum Gasteiger partial charge on any atom is 0.251 e. The van der Waals surface area contributed by atoms with Crippen molar-refractivity contribution in [2.75, 3.05) is 52.9 Å². The van der Waals surface area contributed by atoms with Crippen molar-refractivity contribution >= 4 is 16.8 Å². The summed E-state index contributed by atoms with van der Waals surface area (Å²) in [7, 11) is 1.64. The normalized spacial score (nSPS) is 16.1. The van der Waals surface area contributed by atoms with E-state index in [0.29, 0.717) is 18.7 Å². The molecule has 32 heavy (non-hydrogen) atoms. The number of nitrogens with zero attached hydrogens (tertiary/aromatic N) is 3. The van der Waals surface area contributed by atoms with Crippen LogP contribution in [0.1, 0.15) is 22.0 Å². The molecule has 1 saturated heterocycles. The van der Waals surface area contributed by atoms with Crippen molar-refractivity contribution < 1.29 is 14.6 Å². The van der Waals surface area contributed by atoms with Crippen LogP contribution in [0, 0.1) is 0 Å². The van der Waals surface area contributed by atoms with Crippen molar-refractivity contribution in [1.29, 1.82) is 0 Å². The van der Waals surface area contributed by atoms with Gasteiger partial charge in [0.1, 0.15) is 5.75 Å². The van der Waals surface area contributed by atoms with Gasteiger partial charge in [0.15, 0.2) is 0 Å². The van der Waals surface area contributed by atoms with Gasteiger partial charge in [0, 0.05) is 63.0 Å². The van der Waals surface area contributed by atoms with Gasteiger partial charge in [-0.1, -0.05) is 18.2 Å². The van der Waals surface area contributed by atoms with Crippen molar-refractivity contribution in [3.05, 3.63) is 71.9 Å². The standard InChI is InChI=1S/C25H30N4O3/c1-32-20-7-8-23-22(17-20)21(9-10-26-23)24(30)18-29-15-13-28(14-16-29)12-11-27-25(31)19-5-3-2-4-6-19/h2-10,17,24,30H,11-16,18H2,1H3,(H,27,31)/t24-/m1/s1. The number of carbonyl (C=O) groups is 1. The zero-order chi connectivity index (χ0) is 22.3. The Balaban J connectivity index is 1.25. The summed E-state index contributed by atoms with van der Waals surface area (Å²) >= 11 is 0. The molecular formula is C25H30N4O3. The molecule has 7 heteroatoms. The highest BCUT2D eigenvalue weighted by molar-refractivity contribution is 5.94. The molecule has 1 amide bonds. The average Bonchev–Trinajstić information content (AvgIpc) is 2.84. The van der Waals surface area contributed by atoms with Crippen LogP contribution in [-0.4, -0.2) is 78.7 Å². The van der Waals surface area contributed by atoms with E-state index in [2.05, 4.69) is 20.1 Å². The van der Waals surface area contributed by atoms with Gasteiger partial charge in [0.2, 0.25) is 0 Å². The Morgan fingerprint density at radius 3 is 2.59 bits per heavy atom. The van der Waals surface area contributed by atoms with Gasteiger partial charge in [-0.05, 0) is 42.0 Å². The summed E-state index contributed by atoms with van der Waals surface area (Å²) in [6.45, 7) is 5.63. The first-order chi connectivity index (χ1) is 15.6. The van der Waals surface area contributed by atoms with E-state index in [1.165, 1.54) is 0 Å². The number of nitrogens with one attached hydrogen (secondary N) is 1. The van der Waals surface area contributed by atoms with Crippen LogP contribution in [0.4, 0.5) is 0 Å². The second kappa shape index (κ2) is 10.5. The molecule has 4 rings (SSSR count). The molecule has 1 aliphatic heterocycles. The maximum atomic E-state index is 12.1. The maximum absolute atomic E-state index is 12.1. The molecule has 0 saturated carbocycles. The molecule has 1 fully saturated rings. The summed E-state index contributed by atoms with van der Waals surface area (Å²) in [5.74, 6) is 0.723. The molecule has 1 aromatic heterocycles. The molecule has 0 radical (unpaired) electrons. The van der Waals surface area contributed by atoms with Gasteiger partial charge < -0.3 is 15.2 Å². The number of carbonyl (C=O) groups excluding carboxylic acids is 1. The van der Waals surface area contributed by atoms with Gasteiger partial charge in [0.25, 0.3) is 5.91 Å². The summed E-state index contributed by atoms with van der Waals surface area (Å²) in [4.78, 5) is 21.2. The Morgan fingerprint density at radius 1 is 1.09 bits per heavy atom. The third-order valence-corrected chi connectivity index (χ3v) is 5.99. The van der Waals surface area contributed by atoms with Crippen LogP contribution in [0.25, 0.3) is 10.9 Å². The van der Waals surface area contributed by atoms with E-state index in [1.54, 1.807) is 13.3 Å².